The number of anilines is 1. The first kappa shape index (κ1) is 12.3. The fourth-order valence-electron chi connectivity index (χ4n) is 1.91. The monoisotopic (exact) mass is 250 g/mol. The summed E-state index contributed by atoms with van der Waals surface area (Å²) in [5.74, 6) is -0.553. The molecule has 0 aliphatic heterocycles. The highest BCUT2D eigenvalue weighted by Crippen LogP contribution is 2.34. The molecule has 1 aliphatic rings. The third-order valence-corrected chi connectivity index (χ3v) is 3.06. The molecule has 0 saturated heterocycles. The van der Waals surface area contributed by atoms with E-state index in [9.17, 15) is 14.9 Å². The van der Waals surface area contributed by atoms with Crippen LogP contribution < -0.4 is 4.90 Å². The van der Waals surface area contributed by atoms with Gasteiger partial charge >= 0.3 is 5.97 Å². The van der Waals surface area contributed by atoms with Gasteiger partial charge in [0.1, 0.15) is 5.69 Å². The number of carboxylic acids is 1. The summed E-state index contributed by atoms with van der Waals surface area (Å²) in [6.07, 6.45) is 2.32. The van der Waals surface area contributed by atoms with E-state index in [1.165, 1.54) is 12.1 Å². The van der Waals surface area contributed by atoms with Crippen molar-refractivity contribution in [3.63, 3.8) is 0 Å². The molecule has 0 unspecified atom stereocenters. The van der Waals surface area contributed by atoms with Crippen LogP contribution in [0.4, 0.5) is 11.4 Å². The van der Waals surface area contributed by atoms with E-state index in [2.05, 4.69) is 0 Å². The Hall–Kier alpha value is -2.11. The predicted molar refractivity (Wildman–Crippen MR) is 66.0 cm³/mol. The first-order chi connectivity index (χ1) is 8.49. The molecule has 1 saturated carbocycles. The van der Waals surface area contributed by atoms with Crippen LogP contribution in [0, 0.1) is 16.0 Å². The molecule has 2 rings (SSSR count). The molecule has 6 heteroatoms. The van der Waals surface area contributed by atoms with Gasteiger partial charge < -0.3 is 10.0 Å². The lowest BCUT2D eigenvalue weighted by Gasteiger charge is -2.18. The molecule has 1 aromatic rings. The normalized spacial score (nSPS) is 14.3. The number of carbonyl (C=O) groups is 1. The fourth-order valence-corrected chi connectivity index (χ4v) is 1.91. The number of aromatic carboxylic acids is 1. The molecule has 0 aromatic heterocycles. The molecule has 18 heavy (non-hydrogen) atoms. The van der Waals surface area contributed by atoms with Gasteiger partial charge in [-0.15, -0.1) is 0 Å². The van der Waals surface area contributed by atoms with Gasteiger partial charge in [-0.2, -0.15) is 0 Å². The summed E-state index contributed by atoms with van der Waals surface area (Å²) >= 11 is 0. The first-order valence-electron chi connectivity index (χ1n) is 5.72. The van der Waals surface area contributed by atoms with Crippen LogP contribution in [0.3, 0.4) is 0 Å². The lowest BCUT2D eigenvalue weighted by molar-refractivity contribution is -0.384. The van der Waals surface area contributed by atoms with Gasteiger partial charge in [-0.05, 0) is 30.9 Å². The van der Waals surface area contributed by atoms with Gasteiger partial charge in [-0.25, -0.2) is 4.79 Å². The maximum absolute atomic E-state index is 11.0. The van der Waals surface area contributed by atoms with E-state index in [1.807, 2.05) is 4.90 Å². The lowest BCUT2D eigenvalue weighted by atomic mass is 10.1. The minimum Gasteiger partial charge on any atom is -0.478 e. The molecule has 0 atom stereocenters. The second-order valence-electron chi connectivity index (χ2n) is 4.59. The summed E-state index contributed by atoms with van der Waals surface area (Å²) in [6.45, 7) is 0.771. The molecule has 1 N–H and O–H groups in total. The molecule has 1 aromatic carbocycles. The number of carboxylic acid groups (broad SMARTS) is 1. The minimum absolute atomic E-state index is 0.0646. The minimum atomic E-state index is -1.16. The third-order valence-electron chi connectivity index (χ3n) is 3.06. The molecule has 0 amide bonds. The Labute approximate surface area is 104 Å². The molecule has 96 valence electrons. The summed E-state index contributed by atoms with van der Waals surface area (Å²) < 4.78 is 0. The van der Waals surface area contributed by atoms with Crippen molar-refractivity contribution in [2.45, 2.75) is 12.8 Å². The zero-order valence-electron chi connectivity index (χ0n) is 10.00. The van der Waals surface area contributed by atoms with Crippen molar-refractivity contribution in [3.8, 4) is 0 Å². The van der Waals surface area contributed by atoms with Crippen molar-refractivity contribution in [1.29, 1.82) is 0 Å². The van der Waals surface area contributed by atoms with Gasteiger partial charge in [-0.1, -0.05) is 0 Å². The van der Waals surface area contributed by atoms with Crippen molar-refractivity contribution in [1.82, 2.24) is 0 Å². The second kappa shape index (κ2) is 4.64. The SMILES string of the molecule is CN(CC1CC1)c1ccc(C(=O)O)cc1[N+](=O)[O-]. The molecule has 0 radical (unpaired) electrons. The molecular weight excluding hydrogens is 236 g/mol. The van der Waals surface area contributed by atoms with E-state index < -0.39 is 10.9 Å². The Morgan fingerprint density at radius 1 is 1.56 bits per heavy atom. The highest BCUT2D eigenvalue weighted by molar-refractivity contribution is 5.89. The molecular formula is C12H14N2O4. The Bertz CT molecular complexity index is 497. The van der Waals surface area contributed by atoms with Gasteiger partial charge in [0, 0.05) is 19.7 Å². The average Bonchev–Trinajstić information content (AvgIpc) is 3.11. The Morgan fingerprint density at radius 2 is 2.22 bits per heavy atom. The van der Waals surface area contributed by atoms with Crippen molar-refractivity contribution >= 4 is 17.3 Å². The maximum atomic E-state index is 11.0. The Kier molecular flexibility index (Phi) is 3.18. The lowest BCUT2D eigenvalue weighted by Crippen LogP contribution is -2.21. The van der Waals surface area contributed by atoms with Gasteiger partial charge in [0.05, 0.1) is 10.5 Å². The Balaban J connectivity index is 2.32. The van der Waals surface area contributed by atoms with Crippen LogP contribution >= 0.6 is 0 Å². The smallest absolute Gasteiger partial charge is 0.335 e. The van der Waals surface area contributed by atoms with Crippen LogP contribution in [-0.2, 0) is 0 Å². The predicted octanol–water partition coefficient (Wildman–Crippen LogP) is 2.14. The number of nitro benzene ring substituents is 1. The van der Waals surface area contributed by atoms with Crippen molar-refractivity contribution in [3.05, 3.63) is 33.9 Å². The standard InChI is InChI=1S/C12H14N2O4/c1-13(7-8-2-3-8)10-5-4-9(12(15)16)6-11(10)14(17)18/h4-6,8H,2-3,7H2,1H3,(H,15,16). The third kappa shape index (κ3) is 2.58. The van der Waals surface area contributed by atoms with Gasteiger partial charge in [-0.3, -0.25) is 10.1 Å². The van der Waals surface area contributed by atoms with Crippen LogP contribution in [0.5, 0.6) is 0 Å². The molecule has 1 fully saturated rings. The van der Waals surface area contributed by atoms with Crippen LogP contribution in [-0.4, -0.2) is 29.6 Å². The van der Waals surface area contributed by atoms with Crippen molar-refractivity contribution in [2.75, 3.05) is 18.5 Å². The van der Waals surface area contributed by atoms with Crippen LogP contribution in [0.1, 0.15) is 23.2 Å². The van der Waals surface area contributed by atoms with Gasteiger partial charge in [0.2, 0.25) is 0 Å². The van der Waals surface area contributed by atoms with Crippen LogP contribution in [0.25, 0.3) is 0 Å². The summed E-state index contributed by atoms with van der Waals surface area (Å²) in [6, 6.07) is 4.01. The second-order valence-corrected chi connectivity index (χ2v) is 4.59. The molecule has 0 spiro atoms. The van der Waals surface area contributed by atoms with Crippen molar-refractivity contribution in [2.24, 2.45) is 5.92 Å². The zero-order chi connectivity index (χ0) is 13.3. The average molecular weight is 250 g/mol. The van der Waals surface area contributed by atoms with Crippen LogP contribution in [0.15, 0.2) is 18.2 Å². The van der Waals surface area contributed by atoms with Gasteiger partial charge in [0.15, 0.2) is 0 Å². The van der Waals surface area contributed by atoms with Crippen LogP contribution in [0.2, 0.25) is 0 Å². The first-order valence-corrected chi connectivity index (χ1v) is 5.72. The number of hydrogen-bond acceptors (Lipinski definition) is 4. The highest BCUT2D eigenvalue weighted by Gasteiger charge is 2.26. The van der Waals surface area contributed by atoms with Gasteiger partial charge in [0.25, 0.3) is 5.69 Å². The van der Waals surface area contributed by atoms with E-state index in [0.717, 1.165) is 25.5 Å². The summed E-state index contributed by atoms with van der Waals surface area (Å²) in [7, 11) is 1.79. The Morgan fingerprint density at radius 3 is 2.72 bits per heavy atom. The largest absolute Gasteiger partial charge is 0.478 e. The molecule has 1 aliphatic carbocycles. The molecule has 0 heterocycles. The quantitative estimate of drug-likeness (QED) is 0.639. The number of hydrogen-bond donors (Lipinski definition) is 1. The topological polar surface area (TPSA) is 83.7 Å². The van der Waals surface area contributed by atoms with E-state index in [1.54, 1.807) is 7.05 Å². The van der Waals surface area contributed by atoms with E-state index in [0.29, 0.717) is 11.6 Å². The highest BCUT2D eigenvalue weighted by atomic mass is 16.6. The number of nitro groups is 1. The molecule has 6 nitrogen and oxygen atoms in total. The number of benzene rings is 1. The maximum Gasteiger partial charge on any atom is 0.335 e. The zero-order valence-corrected chi connectivity index (χ0v) is 10.00. The van der Waals surface area contributed by atoms with E-state index >= 15 is 0 Å². The van der Waals surface area contributed by atoms with E-state index in [4.69, 9.17) is 5.11 Å². The molecule has 0 bridgehead atoms. The van der Waals surface area contributed by atoms with E-state index in [-0.39, 0.29) is 11.3 Å². The summed E-state index contributed by atoms with van der Waals surface area (Å²) in [5, 5.41) is 19.8. The summed E-state index contributed by atoms with van der Waals surface area (Å²) in [4.78, 5) is 23.1. The number of nitrogens with zero attached hydrogens (tertiary/aromatic N) is 2. The van der Waals surface area contributed by atoms with Crippen molar-refractivity contribution < 1.29 is 14.8 Å². The number of rotatable bonds is 5. The fraction of sp³-hybridized carbons (Fsp3) is 0.417. The summed E-state index contributed by atoms with van der Waals surface area (Å²) in [5.41, 5.74) is 0.250.